The molecule has 4 aromatic rings. The van der Waals surface area contributed by atoms with Crippen LogP contribution in [0, 0.1) is 6.92 Å². The van der Waals surface area contributed by atoms with Crippen LogP contribution in [0.4, 0.5) is 17.3 Å². The van der Waals surface area contributed by atoms with Crippen LogP contribution in [0.1, 0.15) is 5.69 Å². The molecule has 0 spiro atoms. The Hall–Kier alpha value is -3.19. The number of nitrogen functional groups attached to an aromatic ring is 1. The molecule has 0 radical (unpaired) electrons. The van der Waals surface area contributed by atoms with Crippen LogP contribution in [0.15, 0.2) is 71.0 Å². The lowest BCUT2D eigenvalue weighted by molar-refractivity contribution is 1.05. The summed E-state index contributed by atoms with van der Waals surface area (Å²) in [4.78, 5) is 18.5. The van der Waals surface area contributed by atoms with Crippen molar-refractivity contribution in [1.29, 1.82) is 0 Å². The number of nitrogens with zero attached hydrogens (tertiary/aromatic N) is 4. The van der Waals surface area contributed by atoms with Gasteiger partial charge in [0.2, 0.25) is 0 Å². The van der Waals surface area contributed by atoms with Gasteiger partial charge < -0.3 is 11.1 Å². The number of hydrogen-bond donors (Lipinski definition) is 2. The first-order chi connectivity index (χ1) is 12.7. The molecule has 3 N–H and O–H groups in total. The Bertz CT molecular complexity index is 1080. The third kappa shape index (κ3) is 3.29. The number of pyridine rings is 2. The van der Waals surface area contributed by atoms with Crippen molar-refractivity contribution in [2.75, 3.05) is 11.1 Å². The molecule has 0 aliphatic heterocycles. The van der Waals surface area contributed by atoms with Crippen LogP contribution in [0.5, 0.6) is 0 Å². The van der Waals surface area contributed by atoms with Crippen molar-refractivity contribution in [2.24, 2.45) is 0 Å². The second kappa shape index (κ2) is 6.97. The third-order valence-corrected chi connectivity index (χ3v) is 4.85. The van der Waals surface area contributed by atoms with E-state index in [0.29, 0.717) is 22.3 Å². The summed E-state index contributed by atoms with van der Waals surface area (Å²) < 4.78 is 0. The monoisotopic (exact) mass is 360 g/mol. The lowest BCUT2D eigenvalue weighted by Crippen LogP contribution is -2.03. The highest BCUT2D eigenvalue weighted by Gasteiger charge is 2.12. The van der Waals surface area contributed by atoms with Gasteiger partial charge in [-0.25, -0.2) is 15.0 Å². The number of benzene rings is 1. The van der Waals surface area contributed by atoms with Crippen LogP contribution in [-0.4, -0.2) is 19.9 Å². The second-order valence-corrected chi connectivity index (χ2v) is 6.69. The molecule has 6 nitrogen and oxygen atoms in total. The number of rotatable bonds is 4. The molecular formula is C19H16N6S. The number of nitrogens with two attached hydrogens (primary N) is 1. The van der Waals surface area contributed by atoms with Crippen LogP contribution in [-0.2, 0) is 0 Å². The second-order valence-electron chi connectivity index (χ2n) is 5.66. The molecule has 26 heavy (non-hydrogen) atoms. The zero-order valence-electron chi connectivity index (χ0n) is 14.0. The topological polar surface area (TPSA) is 89.6 Å². The maximum Gasteiger partial charge on any atom is 0.159 e. The van der Waals surface area contributed by atoms with Gasteiger partial charge in [-0.05, 0) is 31.2 Å². The van der Waals surface area contributed by atoms with Crippen molar-refractivity contribution < 1.29 is 0 Å². The first-order valence-electron chi connectivity index (χ1n) is 8.03. The predicted octanol–water partition coefficient (Wildman–Crippen LogP) is 4.21. The van der Waals surface area contributed by atoms with E-state index in [2.05, 4.69) is 25.3 Å². The number of fused-ring (bicyclic) bond motifs is 1. The van der Waals surface area contributed by atoms with E-state index in [-0.39, 0.29) is 0 Å². The molecule has 0 bridgehead atoms. The summed E-state index contributed by atoms with van der Waals surface area (Å²) in [5.74, 6) is 1.23. The number of aromatic nitrogens is 4. The fourth-order valence-electron chi connectivity index (χ4n) is 2.56. The Labute approximate surface area is 154 Å². The lowest BCUT2D eigenvalue weighted by atomic mass is 10.2. The molecule has 3 aromatic heterocycles. The minimum atomic E-state index is 0.480. The van der Waals surface area contributed by atoms with E-state index in [0.717, 1.165) is 21.5 Å². The number of para-hydroxylation sites is 1. The Morgan fingerprint density at radius 2 is 1.81 bits per heavy atom. The minimum absolute atomic E-state index is 0.480. The lowest BCUT2D eigenvalue weighted by Gasteiger charge is -2.11. The summed E-state index contributed by atoms with van der Waals surface area (Å²) in [6.07, 6.45) is 3.28. The van der Waals surface area contributed by atoms with Gasteiger partial charge >= 0.3 is 0 Å². The molecule has 4 rings (SSSR count). The number of nitrogens with one attached hydrogen (secondary N) is 1. The Balaban J connectivity index is 1.67. The summed E-state index contributed by atoms with van der Waals surface area (Å²) in [5.41, 5.74) is 8.62. The molecule has 0 unspecified atom stereocenters. The summed E-state index contributed by atoms with van der Waals surface area (Å²) in [6, 6.07) is 15.7. The van der Waals surface area contributed by atoms with Crippen molar-refractivity contribution in [2.45, 2.75) is 16.8 Å². The van der Waals surface area contributed by atoms with Crippen LogP contribution in [0.25, 0.3) is 10.9 Å². The average Bonchev–Trinajstić information content (AvgIpc) is 2.65. The number of anilines is 3. The van der Waals surface area contributed by atoms with Gasteiger partial charge in [-0.1, -0.05) is 36.0 Å². The zero-order valence-corrected chi connectivity index (χ0v) is 14.9. The molecule has 0 fully saturated rings. The fourth-order valence-corrected chi connectivity index (χ4v) is 3.49. The highest BCUT2D eigenvalue weighted by atomic mass is 32.2. The van der Waals surface area contributed by atoms with Gasteiger partial charge in [0, 0.05) is 22.2 Å². The van der Waals surface area contributed by atoms with Gasteiger partial charge in [-0.3, -0.25) is 4.98 Å². The van der Waals surface area contributed by atoms with Crippen molar-refractivity contribution >= 4 is 40.0 Å². The zero-order chi connectivity index (χ0) is 17.9. The summed E-state index contributed by atoms with van der Waals surface area (Å²) in [6.45, 7) is 1.93. The third-order valence-electron chi connectivity index (χ3n) is 3.78. The van der Waals surface area contributed by atoms with Crippen molar-refractivity contribution in [1.82, 2.24) is 19.9 Å². The van der Waals surface area contributed by atoms with Gasteiger partial charge in [-0.2, -0.15) is 0 Å². The quantitative estimate of drug-likeness (QED) is 0.527. The summed E-state index contributed by atoms with van der Waals surface area (Å²) >= 11 is 1.47. The molecule has 3 heterocycles. The fraction of sp³-hybridized carbons (Fsp3) is 0.0526. The first-order valence-corrected chi connectivity index (χ1v) is 8.85. The first kappa shape index (κ1) is 16.3. The highest BCUT2D eigenvalue weighted by molar-refractivity contribution is 7.99. The van der Waals surface area contributed by atoms with E-state index >= 15 is 0 Å². The van der Waals surface area contributed by atoms with Crippen LogP contribution in [0.3, 0.4) is 0 Å². The predicted molar refractivity (Wildman–Crippen MR) is 105 cm³/mol. The van der Waals surface area contributed by atoms with E-state index in [1.165, 1.54) is 18.1 Å². The Kier molecular flexibility index (Phi) is 4.37. The molecule has 0 atom stereocenters. The van der Waals surface area contributed by atoms with Crippen LogP contribution < -0.4 is 11.1 Å². The van der Waals surface area contributed by atoms with Gasteiger partial charge in [0.25, 0.3) is 0 Å². The summed E-state index contributed by atoms with van der Waals surface area (Å²) in [7, 11) is 0. The Morgan fingerprint density at radius 3 is 2.69 bits per heavy atom. The maximum absolute atomic E-state index is 6.30. The SMILES string of the molecule is Cc1cccc(Nc2ncnc(Sc3cccc4cccnc34)c2N)n1. The average molecular weight is 360 g/mol. The molecule has 0 saturated heterocycles. The largest absolute Gasteiger partial charge is 0.394 e. The summed E-state index contributed by atoms with van der Waals surface area (Å²) in [5, 5.41) is 4.91. The van der Waals surface area contributed by atoms with E-state index in [9.17, 15) is 0 Å². The molecule has 0 saturated carbocycles. The molecule has 0 aliphatic rings. The van der Waals surface area contributed by atoms with Gasteiger partial charge in [0.1, 0.15) is 22.9 Å². The Morgan fingerprint density at radius 1 is 0.962 bits per heavy atom. The van der Waals surface area contributed by atoms with Gasteiger partial charge in [0.05, 0.1) is 5.52 Å². The molecule has 0 aliphatic carbocycles. The van der Waals surface area contributed by atoms with E-state index in [1.54, 1.807) is 6.20 Å². The molecule has 7 heteroatoms. The van der Waals surface area contributed by atoms with Crippen molar-refractivity contribution in [3.8, 4) is 0 Å². The standard InChI is InChI=1S/C19H16N6S/c1-12-5-2-9-15(24-12)25-18-16(20)19(23-11-22-18)26-14-8-3-6-13-7-4-10-21-17(13)14/h2-11H,20H2,1H3,(H,22,23,24,25). The van der Waals surface area contributed by atoms with Crippen LogP contribution >= 0.6 is 11.8 Å². The molecule has 0 amide bonds. The van der Waals surface area contributed by atoms with Crippen molar-refractivity contribution in [3.63, 3.8) is 0 Å². The normalized spacial score (nSPS) is 10.8. The number of hydrogen-bond acceptors (Lipinski definition) is 7. The smallest absolute Gasteiger partial charge is 0.159 e. The minimum Gasteiger partial charge on any atom is -0.394 e. The highest BCUT2D eigenvalue weighted by Crippen LogP contribution is 2.36. The van der Waals surface area contributed by atoms with Gasteiger partial charge in [-0.15, -0.1) is 0 Å². The molecule has 1 aromatic carbocycles. The van der Waals surface area contributed by atoms with E-state index < -0.39 is 0 Å². The van der Waals surface area contributed by atoms with E-state index in [4.69, 9.17) is 5.73 Å². The van der Waals surface area contributed by atoms with Gasteiger partial charge in [0.15, 0.2) is 5.82 Å². The molecular weight excluding hydrogens is 344 g/mol. The van der Waals surface area contributed by atoms with Crippen LogP contribution in [0.2, 0.25) is 0 Å². The molecule has 128 valence electrons. The number of aryl methyl sites for hydroxylation is 1. The maximum atomic E-state index is 6.30. The van der Waals surface area contributed by atoms with Crippen molar-refractivity contribution in [3.05, 3.63) is 66.7 Å². The van der Waals surface area contributed by atoms with E-state index in [1.807, 2.05) is 55.5 Å².